The number of nitrogen functional groups attached to an aromatic ring is 1. The molecule has 4 nitrogen and oxygen atoms in total. The normalized spacial score (nSPS) is 13.1. The van der Waals surface area contributed by atoms with E-state index in [4.69, 9.17) is 22.1 Å². The van der Waals surface area contributed by atoms with E-state index in [0.717, 1.165) is 6.42 Å². The van der Waals surface area contributed by atoms with Crippen molar-refractivity contribution in [3.05, 3.63) is 22.7 Å². The second-order valence-electron chi connectivity index (χ2n) is 4.72. The summed E-state index contributed by atoms with van der Waals surface area (Å²) in [6.07, 6.45) is 1.00. The second kappa shape index (κ2) is 8.22. The SMILES string of the molecule is CCC(C)C(C)NC(=O)c1cc(Cl)c(N)cc1OC.Cl. The van der Waals surface area contributed by atoms with Crippen molar-refractivity contribution in [2.75, 3.05) is 12.8 Å². The third kappa shape index (κ3) is 4.46. The zero-order valence-electron chi connectivity index (χ0n) is 12.2. The van der Waals surface area contributed by atoms with Crippen LogP contribution in [0.4, 0.5) is 5.69 Å². The molecule has 1 amide bonds. The van der Waals surface area contributed by atoms with E-state index in [9.17, 15) is 4.79 Å². The van der Waals surface area contributed by atoms with E-state index in [1.54, 1.807) is 6.07 Å². The van der Waals surface area contributed by atoms with E-state index in [2.05, 4.69) is 19.2 Å². The van der Waals surface area contributed by atoms with Crippen LogP contribution < -0.4 is 15.8 Å². The smallest absolute Gasteiger partial charge is 0.255 e. The molecule has 114 valence electrons. The molecule has 20 heavy (non-hydrogen) atoms. The average Bonchev–Trinajstić information content (AvgIpc) is 2.39. The highest BCUT2D eigenvalue weighted by Crippen LogP contribution is 2.28. The maximum atomic E-state index is 12.2. The first-order chi connectivity index (χ1) is 8.90. The minimum Gasteiger partial charge on any atom is -0.496 e. The van der Waals surface area contributed by atoms with E-state index < -0.39 is 0 Å². The first-order valence-corrected chi connectivity index (χ1v) is 6.72. The van der Waals surface area contributed by atoms with Crippen molar-refractivity contribution < 1.29 is 9.53 Å². The Morgan fingerprint density at radius 2 is 2.05 bits per heavy atom. The number of hydrogen-bond donors (Lipinski definition) is 2. The van der Waals surface area contributed by atoms with E-state index in [-0.39, 0.29) is 24.4 Å². The lowest BCUT2D eigenvalue weighted by Gasteiger charge is -2.20. The molecule has 0 aromatic heterocycles. The molecule has 0 heterocycles. The van der Waals surface area contributed by atoms with Gasteiger partial charge in [-0.25, -0.2) is 0 Å². The number of ether oxygens (including phenoxy) is 1. The Labute approximate surface area is 131 Å². The van der Waals surface area contributed by atoms with Gasteiger partial charge in [0.1, 0.15) is 5.75 Å². The van der Waals surface area contributed by atoms with Gasteiger partial charge in [-0.3, -0.25) is 4.79 Å². The van der Waals surface area contributed by atoms with Gasteiger partial charge in [0.05, 0.1) is 23.4 Å². The highest BCUT2D eigenvalue weighted by Gasteiger charge is 2.18. The minimum atomic E-state index is -0.202. The summed E-state index contributed by atoms with van der Waals surface area (Å²) in [6, 6.07) is 3.18. The van der Waals surface area contributed by atoms with Crippen LogP contribution in [0.1, 0.15) is 37.6 Å². The van der Waals surface area contributed by atoms with Crippen molar-refractivity contribution in [2.45, 2.75) is 33.2 Å². The van der Waals surface area contributed by atoms with Crippen LogP contribution in [0, 0.1) is 5.92 Å². The quantitative estimate of drug-likeness (QED) is 0.816. The zero-order chi connectivity index (χ0) is 14.6. The first-order valence-electron chi connectivity index (χ1n) is 6.34. The molecule has 2 atom stereocenters. The highest BCUT2D eigenvalue weighted by atomic mass is 35.5. The lowest BCUT2D eigenvalue weighted by Crippen LogP contribution is -2.37. The molecule has 0 aliphatic rings. The number of methoxy groups -OCH3 is 1. The van der Waals surface area contributed by atoms with Crippen LogP contribution in [-0.4, -0.2) is 19.1 Å². The predicted octanol–water partition coefficient (Wildman–Crippen LogP) is 3.52. The largest absolute Gasteiger partial charge is 0.496 e. The van der Waals surface area contributed by atoms with Gasteiger partial charge in [-0.05, 0) is 18.9 Å². The summed E-state index contributed by atoms with van der Waals surface area (Å²) < 4.78 is 5.17. The second-order valence-corrected chi connectivity index (χ2v) is 5.13. The number of carbonyl (C=O) groups is 1. The number of anilines is 1. The number of amides is 1. The van der Waals surface area contributed by atoms with Gasteiger partial charge >= 0.3 is 0 Å². The van der Waals surface area contributed by atoms with Crippen molar-refractivity contribution in [1.82, 2.24) is 5.32 Å². The van der Waals surface area contributed by atoms with E-state index in [1.807, 2.05) is 6.92 Å². The Hall–Kier alpha value is -1.13. The molecule has 0 aliphatic carbocycles. The Morgan fingerprint density at radius 1 is 1.45 bits per heavy atom. The van der Waals surface area contributed by atoms with Gasteiger partial charge in [0.25, 0.3) is 5.91 Å². The minimum absolute atomic E-state index is 0. The van der Waals surface area contributed by atoms with E-state index >= 15 is 0 Å². The topological polar surface area (TPSA) is 64.4 Å². The predicted molar refractivity (Wildman–Crippen MR) is 86.0 cm³/mol. The van der Waals surface area contributed by atoms with Crippen LogP contribution >= 0.6 is 24.0 Å². The first kappa shape index (κ1) is 18.9. The Kier molecular flexibility index (Phi) is 7.76. The maximum Gasteiger partial charge on any atom is 0.255 e. The van der Waals surface area contributed by atoms with Gasteiger partial charge in [0, 0.05) is 12.1 Å². The molecule has 2 unspecified atom stereocenters. The molecule has 0 saturated carbocycles. The van der Waals surface area contributed by atoms with Crippen molar-refractivity contribution in [1.29, 1.82) is 0 Å². The van der Waals surface area contributed by atoms with Crippen LogP contribution in [-0.2, 0) is 0 Å². The van der Waals surface area contributed by atoms with Crippen LogP contribution in [0.25, 0.3) is 0 Å². The molecular formula is C14H22Cl2N2O2. The Bertz CT molecular complexity index is 467. The van der Waals surface area contributed by atoms with E-state index in [0.29, 0.717) is 27.9 Å². The monoisotopic (exact) mass is 320 g/mol. The molecule has 6 heteroatoms. The molecule has 1 aromatic carbocycles. The molecular weight excluding hydrogens is 299 g/mol. The Morgan fingerprint density at radius 3 is 2.55 bits per heavy atom. The molecule has 0 saturated heterocycles. The standard InChI is InChI=1S/C14H21ClN2O2.ClH/c1-5-8(2)9(3)17-14(18)10-6-11(15)12(16)7-13(10)19-4;/h6-9H,5,16H2,1-4H3,(H,17,18);1H. The van der Waals surface area contributed by atoms with Gasteiger partial charge in [-0.1, -0.05) is 31.9 Å². The molecule has 1 rings (SSSR count). The number of nitrogens with one attached hydrogen (secondary N) is 1. The van der Waals surface area contributed by atoms with Gasteiger partial charge < -0.3 is 15.8 Å². The molecule has 0 bridgehead atoms. The maximum absolute atomic E-state index is 12.2. The summed E-state index contributed by atoms with van der Waals surface area (Å²) >= 11 is 5.95. The average molecular weight is 321 g/mol. The third-order valence-corrected chi connectivity index (χ3v) is 3.75. The fourth-order valence-corrected chi connectivity index (χ4v) is 1.86. The van der Waals surface area contributed by atoms with Gasteiger partial charge in [-0.15, -0.1) is 12.4 Å². The lowest BCUT2D eigenvalue weighted by molar-refractivity contribution is 0.0925. The van der Waals surface area contributed by atoms with Crippen molar-refractivity contribution in [2.24, 2.45) is 5.92 Å². The van der Waals surface area contributed by atoms with Gasteiger partial charge in [0.15, 0.2) is 0 Å². The van der Waals surface area contributed by atoms with E-state index in [1.165, 1.54) is 13.2 Å². The number of halogens is 2. The number of carbonyl (C=O) groups excluding carboxylic acids is 1. The fourth-order valence-electron chi connectivity index (χ4n) is 1.70. The fraction of sp³-hybridized carbons (Fsp3) is 0.500. The molecule has 0 radical (unpaired) electrons. The molecule has 1 aromatic rings. The summed E-state index contributed by atoms with van der Waals surface area (Å²) in [5, 5.41) is 3.30. The Balaban J connectivity index is 0.00000361. The third-order valence-electron chi connectivity index (χ3n) is 3.42. The van der Waals surface area contributed by atoms with Crippen LogP contribution in [0.2, 0.25) is 5.02 Å². The molecule has 0 spiro atoms. The zero-order valence-corrected chi connectivity index (χ0v) is 13.8. The number of benzene rings is 1. The summed E-state index contributed by atoms with van der Waals surface area (Å²) in [5.41, 5.74) is 6.49. The lowest BCUT2D eigenvalue weighted by atomic mass is 10.0. The van der Waals surface area contributed by atoms with Crippen molar-refractivity contribution >= 4 is 35.6 Å². The highest BCUT2D eigenvalue weighted by molar-refractivity contribution is 6.33. The van der Waals surface area contributed by atoms with Crippen LogP contribution in [0.15, 0.2) is 12.1 Å². The number of nitrogens with two attached hydrogens (primary N) is 1. The van der Waals surface area contributed by atoms with Gasteiger partial charge in [0.2, 0.25) is 0 Å². The van der Waals surface area contributed by atoms with Crippen LogP contribution in [0.5, 0.6) is 5.75 Å². The number of rotatable bonds is 5. The summed E-state index contributed by atoms with van der Waals surface area (Å²) in [5.74, 6) is 0.626. The summed E-state index contributed by atoms with van der Waals surface area (Å²) in [6.45, 7) is 6.17. The van der Waals surface area contributed by atoms with Crippen molar-refractivity contribution in [3.63, 3.8) is 0 Å². The summed E-state index contributed by atoms with van der Waals surface area (Å²) in [4.78, 5) is 12.2. The van der Waals surface area contributed by atoms with Crippen molar-refractivity contribution in [3.8, 4) is 5.75 Å². The molecule has 0 fully saturated rings. The van der Waals surface area contributed by atoms with Crippen LogP contribution in [0.3, 0.4) is 0 Å². The number of hydrogen-bond acceptors (Lipinski definition) is 3. The molecule has 0 aliphatic heterocycles. The summed E-state index contributed by atoms with van der Waals surface area (Å²) in [7, 11) is 1.50. The molecule has 3 N–H and O–H groups in total. The van der Waals surface area contributed by atoms with Gasteiger partial charge in [-0.2, -0.15) is 0 Å².